The number of carbonyl (C=O) groups is 2. The first kappa shape index (κ1) is 21.4. The first-order chi connectivity index (χ1) is 14.9. The minimum absolute atomic E-state index is 0.0288. The Morgan fingerprint density at radius 2 is 1.48 bits per heavy atom. The Hall–Kier alpha value is -4.33. The molecule has 3 aromatic carbocycles. The van der Waals surface area contributed by atoms with Crippen LogP contribution in [-0.2, 0) is 0 Å². The van der Waals surface area contributed by atoms with E-state index in [2.05, 4.69) is 15.8 Å². The van der Waals surface area contributed by atoms with Crippen LogP contribution in [-0.4, -0.2) is 22.4 Å². The fourth-order valence-corrected chi connectivity index (χ4v) is 2.89. The number of nitrogens with one attached hydrogen (secondary N) is 2. The number of amides is 2. The van der Waals surface area contributed by atoms with Crippen molar-refractivity contribution in [3.8, 4) is 0 Å². The van der Waals surface area contributed by atoms with Crippen LogP contribution in [0.3, 0.4) is 0 Å². The zero-order valence-electron chi connectivity index (χ0n) is 17.0. The van der Waals surface area contributed by atoms with Gasteiger partial charge in [0.15, 0.2) is 0 Å². The van der Waals surface area contributed by atoms with Crippen LogP contribution >= 0.6 is 0 Å². The van der Waals surface area contributed by atoms with Crippen molar-refractivity contribution in [2.24, 2.45) is 5.10 Å². The summed E-state index contributed by atoms with van der Waals surface area (Å²) in [5.74, 6) is -0.814. The van der Waals surface area contributed by atoms with E-state index in [9.17, 15) is 19.7 Å². The normalized spacial score (nSPS) is 11.0. The van der Waals surface area contributed by atoms with Crippen molar-refractivity contribution in [3.63, 3.8) is 0 Å². The lowest BCUT2D eigenvalue weighted by Crippen LogP contribution is -2.22. The molecule has 8 heteroatoms. The highest BCUT2D eigenvalue weighted by Crippen LogP contribution is 2.18. The average molecular weight is 416 g/mol. The molecule has 0 radical (unpaired) electrons. The number of benzene rings is 3. The molecule has 3 rings (SSSR count). The van der Waals surface area contributed by atoms with Crippen LogP contribution in [0.5, 0.6) is 0 Å². The molecule has 2 N–H and O–H groups in total. The molecule has 0 atom stereocenters. The van der Waals surface area contributed by atoms with Gasteiger partial charge in [0.25, 0.3) is 17.5 Å². The largest absolute Gasteiger partial charge is 0.321 e. The highest BCUT2D eigenvalue weighted by atomic mass is 16.6. The van der Waals surface area contributed by atoms with Crippen LogP contribution in [0.2, 0.25) is 0 Å². The number of hydrogen-bond acceptors (Lipinski definition) is 5. The Morgan fingerprint density at radius 1 is 0.871 bits per heavy atom. The molecular formula is C23H20N4O4. The first-order valence-corrected chi connectivity index (χ1v) is 9.42. The number of nitro groups is 1. The maximum Gasteiger partial charge on any atom is 0.273 e. The van der Waals surface area contributed by atoms with Gasteiger partial charge in [0.05, 0.1) is 21.9 Å². The number of non-ortho nitro benzene ring substituents is 1. The van der Waals surface area contributed by atoms with Gasteiger partial charge < -0.3 is 5.32 Å². The van der Waals surface area contributed by atoms with Gasteiger partial charge in [0, 0.05) is 17.7 Å². The van der Waals surface area contributed by atoms with Crippen LogP contribution < -0.4 is 10.7 Å². The third kappa shape index (κ3) is 5.18. The summed E-state index contributed by atoms with van der Waals surface area (Å²) < 4.78 is 0. The number of rotatable bonds is 6. The number of hydrazone groups is 1. The highest BCUT2D eigenvalue weighted by molar-refractivity contribution is 6.10. The number of nitrogens with zero attached hydrogens (tertiary/aromatic N) is 2. The van der Waals surface area contributed by atoms with Crippen molar-refractivity contribution >= 4 is 28.9 Å². The lowest BCUT2D eigenvalue weighted by Gasteiger charge is -2.11. The van der Waals surface area contributed by atoms with Gasteiger partial charge in [0.2, 0.25) is 0 Å². The lowest BCUT2D eigenvalue weighted by molar-refractivity contribution is -0.384. The van der Waals surface area contributed by atoms with Gasteiger partial charge in [0.1, 0.15) is 0 Å². The summed E-state index contributed by atoms with van der Waals surface area (Å²) in [6.07, 6.45) is 0. The van der Waals surface area contributed by atoms with E-state index in [0.29, 0.717) is 22.5 Å². The topological polar surface area (TPSA) is 114 Å². The summed E-state index contributed by atoms with van der Waals surface area (Å²) in [5, 5.41) is 17.6. The standard InChI is InChI=1S/C23H20N4O4/c1-15-7-3-4-8-19(15)22(28)24-21-10-6-5-9-20(21)23(29)26-25-16(2)17-11-13-18(14-12-17)27(30)31/h3-14H,1-2H3,(H,24,28)(H,26,29). The smallest absolute Gasteiger partial charge is 0.273 e. The van der Waals surface area contributed by atoms with E-state index in [1.807, 2.05) is 19.1 Å². The van der Waals surface area contributed by atoms with Crippen molar-refractivity contribution in [1.29, 1.82) is 0 Å². The maximum atomic E-state index is 12.7. The number of hydrogen-bond donors (Lipinski definition) is 2. The molecule has 0 aliphatic heterocycles. The van der Waals surface area contributed by atoms with E-state index in [0.717, 1.165) is 5.56 Å². The number of anilines is 1. The molecule has 0 aliphatic rings. The van der Waals surface area contributed by atoms with Gasteiger partial charge in [-0.15, -0.1) is 0 Å². The molecule has 156 valence electrons. The molecule has 31 heavy (non-hydrogen) atoms. The van der Waals surface area contributed by atoms with E-state index in [4.69, 9.17) is 0 Å². The molecule has 8 nitrogen and oxygen atoms in total. The molecule has 0 unspecified atom stereocenters. The second-order valence-corrected chi connectivity index (χ2v) is 6.76. The molecule has 0 bridgehead atoms. The van der Waals surface area contributed by atoms with Gasteiger partial charge >= 0.3 is 0 Å². The predicted octanol–water partition coefficient (Wildman–Crippen LogP) is 4.31. The van der Waals surface area contributed by atoms with Crippen LogP contribution in [0.4, 0.5) is 11.4 Å². The Morgan fingerprint density at radius 3 is 2.13 bits per heavy atom. The number of aryl methyl sites for hydroxylation is 1. The van der Waals surface area contributed by atoms with Gasteiger partial charge in [-0.3, -0.25) is 19.7 Å². The molecule has 0 saturated carbocycles. The van der Waals surface area contributed by atoms with E-state index < -0.39 is 10.8 Å². The fraction of sp³-hybridized carbons (Fsp3) is 0.0870. The maximum absolute atomic E-state index is 12.7. The SMILES string of the molecule is CC(=NNC(=O)c1ccccc1NC(=O)c1ccccc1C)c1ccc([N+](=O)[O-])cc1. The third-order valence-electron chi connectivity index (χ3n) is 4.63. The first-order valence-electron chi connectivity index (χ1n) is 9.42. The monoisotopic (exact) mass is 416 g/mol. The van der Waals surface area contributed by atoms with E-state index in [-0.39, 0.29) is 17.2 Å². The summed E-state index contributed by atoms with van der Waals surface area (Å²) in [6.45, 7) is 3.51. The van der Waals surface area contributed by atoms with Crippen molar-refractivity contribution in [1.82, 2.24) is 5.43 Å². The zero-order valence-corrected chi connectivity index (χ0v) is 17.0. The molecule has 2 amide bonds. The van der Waals surface area contributed by atoms with Crippen molar-refractivity contribution < 1.29 is 14.5 Å². The molecule has 0 spiro atoms. The third-order valence-corrected chi connectivity index (χ3v) is 4.63. The van der Waals surface area contributed by atoms with Gasteiger partial charge in [-0.1, -0.05) is 30.3 Å². The molecular weight excluding hydrogens is 396 g/mol. The highest BCUT2D eigenvalue weighted by Gasteiger charge is 2.15. The number of carbonyl (C=O) groups excluding carboxylic acids is 2. The quantitative estimate of drug-likeness (QED) is 0.354. The summed E-state index contributed by atoms with van der Waals surface area (Å²) in [6, 6.07) is 19.6. The molecule has 0 aromatic heterocycles. The van der Waals surface area contributed by atoms with E-state index in [1.54, 1.807) is 55.5 Å². The van der Waals surface area contributed by atoms with Crippen LogP contribution in [0, 0.1) is 17.0 Å². The van der Waals surface area contributed by atoms with Crippen molar-refractivity contribution in [2.75, 3.05) is 5.32 Å². The Labute approximate surface area is 178 Å². The minimum atomic E-state index is -0.498. The van der Waals surface area contributed by atoms with Crippen LogP contribution in [0.25, 0.3) is 0 Å². The second kappa shape index (κ2) is 9.45. The van der Waals surface area contributed by atoms with Gasteiger partial charge in [-0.25, -0.2) is 5.43 Å². The van der Waals surface area contributed by atoms with Gasteiger partial charge in [-0.05, 0) is 55.3 Å². The minimum Gasteiger partial charge on any atom is -0.321 e. The molecule has 0 fully saturated rings. The van der Waals surface area contributed by atoms with Crippen molar-refractivity contribution in [2.45, 2.75) is 13.8 Å². The number of para-hydroxylation sites is 1. The summed E-state index contributed by atoms with van der Waals surface area (Å²) >= 11 is 0. The molecule has 3 aromatic rings. The van der Waals surface area contributed by atoms with Crippen LogP contribution in [0.15, 0.2) is 77.9 Å². The summed E-state index contributed by atoms with van der Waals surface area (Å²) in [7, 11) is 0. The van der Waals surface area contributed by atoms with E-state index in [1.165, 1.54) is 12.1 Å². The van der Waals surface area contributed by atoms with Crippen molar-refractivity contribution in [3.05, 3.63) is 105 Å². The summed E-state index contributed by atoms with van der Waals surface area (Å²) in [4.78, 5) is 35.6. The second-order valence-electron chi connectivity index (χ2n) is 6.76. The Kier molecular flexibility index (Phi) is 6.51. The molecule has 0 heterocycles. The van der Waals surface area contributed by atoms with Crippen LogP contribution in [0.1, 0.15) is 38.8 Å². The number of nitro benzene ring substituents is 1. The fourth-order valence-electron chi connectivity index (χ4n) is 2.89. The predicted molar refractivity (Wildman–Crippen MR) is 118 cm³/mol. The lowest BCUT2D eigenvalue weighted by atomic mass is 10.1. The zero-order chi connectivity index (χ0) is 22.4. The van der Waals surface area contributed by atoms with Gasteiger partial charge in [-0.2, -0.15) is 5.10 Å². The average Bonchev–Trinajstić information content (AvgIpc) is 2.78. The van der Waals surface area contributed by atoms with E-state index >= 15 is 0 Å². The molecule has 0 saturated heterocycles. The molecule has 0 aliphatic carbocycles. The Bertz CT molecular complexity index is 1170. The summed E-state index contributed by atoms with van der Waals surface area (Å²) in [5.41, 5.74) is 5.50. The Balaban J connectivity index is 1.75.